The molecule has 0 atom stereocenters. The molecule has 0 N–H and O–H groups in total. The second-order valence-electron chi connectivity index (χ2n) is 13.8. The molecule has 0 amide bonds. The van der Waals surface area contributed by atoms with Crippen molar-refractivity contribution in [2.24, 2.45) is 0 Å². The Morgan fingerprint density at radius 3 is 1.82 bits per heavy atom. The van der Waals surface area contributed by atoms with Gasteiger partial charge in [0.25, 0.3) is 0 Å². The molecule has 0 bridgehead atoms. The van der Waals surface area contributed by atoms with Gasteiger partial charge < -0.3 is 4.90 Å². The third-order valence-electron chi connectivity index (χ3n) is 10.6. The highest BCUT2D eigenvalue weighted by Crippen LogP contribution is 2.58. The minimum Gasteiger partial charge on any atom is -0.309 e. The van der Waals surface area contributed by atoms with Crippen LogP contribution < -0.4 is 4.90 Å². The molecule has 0 heterocycles. The summed E-state index contributed by atoms with van der Waals surface area (Å²) in [6, 6.07) is 51.8. The van der Waals surface area contributed by atoms with Crippen molar-refractivity contribution in [3.05, 3.63) is 162 Å². The maximum atomic E-state index is 2.53. The number of nitrogens with zero attached hydrogens (tertiary/aromatic N) is 1. The van der Waals surface area contributed by atoms with Gasteiger partial charge in [-0.25, -0.2) is 0 Å². The Bertz CT molecular complexity index is 2320. The first-order valence-corrected chi connectivity index (χ1v) is 16.0. The van der Waals surface area contributed by atoms with E-state index in [-0.39, 0.29) is 10.8 Å². The van der Waals surface area contributed by atoms with Crippen LogP contribution in [0, 0.1) is 0 Å². The molecule has 2 aliphatic carbocycles. The summed E-state index contributed by atoms with van der Waals surface area (Å²) in [4.78, 5) is 2.48. The molecule has 45 heavy (non-hydrogen) atoms. The van der Waals surface area contributed by atoms with E-state index in [0.717, 1.165) is 5.69 Å². The minimum absolute atomic E-state index is 0.0396. The van der Waals surface area contributed by atoms with Gasteiger partial charge in [-0.05, 0) is 91.7 Å². The Balaban J connectivity index is 1.35. The zero-order valence-corrected chi connectivity index (χ0v) is 26.2. The van der Waals surface area contributed by atoms with Gasteiger partial charge in [-0.2, -0.15) is 0 Å². The van der Waals surface area contributed by atoms with E-state index in [1.807, 2.05) is 0 Å². The Kier molecular flexibility index (Phi) is 5.37. The van der Waals surface area contributed by atoms with Crippen LogP contribution in [0.1, 0.15) is 49.9 Å². The maximum absolute atomic E-state index is 2.53. The lowest BCUT2D eigenvalue weighted by atomic mass is 9.79. The van der Waals surface area contributed by atoms with E-state index < -0.39 is 0 Å². The fraction of sp³-hybridized carbons (Fsp3) is 0.136. The van der Waals surface area contributed by atoms with Gasteiger partial charge in [-0.1, -0.05) is 131 Å². The quantitative estimate of drug-likeness (QED) is 0.202. The normalized spacial score (nSPS) is 15.0. The lowest BCUT2D eigenvalue weighted by Gasteiger charge is -2.30. The van der Waals surface area contributed by atoms with Gasteiger partial charge in [-0.3, -0.25) is 0 Å². The number of rotatable bonds is 3. The summed E-state index contributed by atoms with van der Waals surface area (Å²) in [5, 5.41) is 5.06. The fourth-order valence-electron chi connectivity index (χ4n) is 8.33. The summed E-state index contributed by atoms with van der Waals surface area (Å²) in [5.41, 5.74) is 14.6. The average Bonchev–Trinajstić information content (AvgIpc) is 3.44. The number of benzene rings is 7. The van der Waals surface area contributed by atoms with Crippen LogP contribution in [0.2, 0.25) is 0 Å². The molecule has 0 aliphatic heterocycles. The summed E-state index contributed by atoms with van der Waals surface area (Å²) in [7, 11) is 0. The highest BCUT2D eigenvalue weighted by atomic mass is 15.1. The van der Waals surface area contributed by atoms with Crippen molar-refractivity contribution in [1.29, 1.82) is 0 Å². The Morgan fingerprint density at radius 1 is 0.400 bits per heavy atom. The van der Waals surface area contributed by atoms with Crippen molar-refractivity contribution < 1.29 is 0 Å². The second kappa shape index (κ2) is 9.19. The largest absolute Gasteiger partial charge is 0.309 e. The van der Waals surface area contributed by atoms with Gasteiger partial charge in [0.15, 0.2) is 0 Å². The third kappa shape index (κ3) is 3.56. The lowest BCUT2D eigenvalue weighted by molar-refractivity contribution is 0.652. The molecule has 0 saturated heterocycles. The minimum atomic E-state index is -0.165. The Hall–Kier alpha value is -5.14. The van der Waals surface area contributed by atoms with Gasteiger partial charge in [-0.15, -0.1) is 0 Å². The molecular formula is C44H35N. The average molecular weight is 578 g/mol. The van der Waals surface area contributed by atoms with Crippen LogP contribution in [0.15, 0.2) is 140 Å². The molecule has 0 unspecified atom stereocenters. The standard InChI is InChI=1S/C44H35N/c1-43(2)36-23-13-12-20-31(36)34-25-38-35(26-37(34)43)42-33-22-11-10-21-32(33)41(27-39(42)44(38,3)4)45(29-17-6-5-7-18-29)40-24-14-16-28-15-8-9-19-30(28)40/h5-27H,1-4H3. The third-order valence-corrected chi connectivity index (χ3v) is 10.6. The summed E-state index contributed by atoms with van der Waals surface area (Å²) < 4.78 is 0. The zero-order valence-electron chi connectivity index (χ0n) is 26.2. The van der Waals surface area contributed by atoms with Crippen LogP contribution in [0.25, 0.3) is 43.8 Å². The van der Waals surface area contributed by atoms with Crippen LogP contribution in [0.3, 0.4) is 0 Å². The lowest BCUT2D eigenvalue weighted by Crippen LogP contribution is -2.18. The summed E-state index contributed by atoms with van der Waals surface area (Å²) >= 11 is 0. The van der Waals surface area contributed by atoms with E-state index in [4.69, 9.17) is 0 Å². The van der Waals surface area contributed by atoms with E-state index in [9.17, 15) is 0 Å². The first-order chi connectivity index (χ1) is 21.9. The predicted octanol–water partition coefficient (Wildman–Crippen LogP) is 12.1. The molecule has 7 aromatic carbocycles. The van der Waals surface area contributed by atoms with Gasteiger partial charge >= 0.3 is 0 Å². The Labute approximate surface area is 265 Å². The maximum Gasteiger partial charge on any atom is 0.0543 e. The van der Waals surface area contributed by atoms with Crippen LogP contribution in [0.5, 0.6) is 0 Å². The first kappa shape index (κ1) is 26.3. The van der Waals surface area contributed by atoms with Crippen molar-refractivity contribution >= 4 is 38.6 Å². The van der Waals surface area contributed by atoms with Crippen LogP contribution in [-0.2, 0) is 10.8 Å². The number of para-hydroxylation sites is 1. The van der Waals surface area contributed by atoms with E-state index >= 15 is 0 Å². The van der Waals surface area contributed by atoms with Gasteiger partial charge in [0.2, 0.25) is 0 Å². The second-order valence-corrected chi connectivity index (χ2v) is 13.8. The van der Waals surface area contributed by atoms with Gasteiger partial charge in [0.1, 0.15) is 0 Å². The summed E-state index contributed by atoms with van der Waals surface area (Å²) in [6.45, 7) is 9.60. The van der Waals surface area contributed by atoms with E-state index in [1.165, 1.54) is 77.4 Å². The fourth-order valence-corrected chi connectivity index (χ4v) is 8.33. The SMILES string of the molecule is CC1(C)c2ccccc2-c2cc3c(cc21)-c1c(cc(N(c2ccccc2)c2cccc4ccccc24)c2ccccc12)C3(C)C. The molecule has 0 radical (unpaired) electrons. The molecule has 2 aliphatic rings. The van der Waals surface area contributed by atoms with Gasteiger partial charge in [0.05, 0.1) is 11.4 Å². The van der Waals surface area contributed by atoms with Crippen molar-refractivity contribution in [3.8, 4) is 22.3 Å². The molecule has 1 heteroatoms. The molecule has 0 aromatic heterocycles. The molecule has 7 aromatic rings. The Morgan fingerprint density at radius 2 is 1.00 bits per heavy atom. The number of hydrogen-bond donors (Lipinski definition) is 0. The highest BCUT2D eigenvalue weighted by Gasteiger charge is 2.42. The van der Waals surface area contributed by atoms with Crippen molar-refractivity contribution in [1.82, 2.24) is 0 Å². The van der Waals surface area contributed by atoms with E-state index in [0.29, 0.717) is 0 Å². The monoisotopic (exact) mass is 577 g/mol. The first-order valence-electron chi connectivity index (χ1n) is 16.0. The number of hydrogen-bond acceptors (Lipinski definition) is 1. The predicted molar refractivity (Wildman–Crippen MR) is 191 cm³/mol. The molecular weight excluding hydrogens is 542 g/mol. The summed E-state index contributed by atoms with van der Waals surface area (Å²) in [6.07, 6.45) is 0. The number of anilines is 3. The molecule has 216 valence electrons. The molecule has 1 nitrogen and oxygen atoms in total. The van der Waals surface area contributed by atoms with E-state index in [1.54, 1.807) is 0 Å². The van der Waals surface area contributed by atoms with E-state index in [2.05, 4.69) is 172 Å². The van der Waals surface area contributed by atoms with Crippen LogP contribution in [0.4, 0.5) is 17.1 Å². The van der Waals surface area contributed by atoms with Crippen molar-refractivity contribution in [3.63, 3.8) is 0 Å². The molecule has 9 rings (SSSR count). The van der Waals surface area contributed by atoms with Crippen LogP contribution >= 0.6 is 0 Å². The van der Waals surface area contributed by atoms with Crippen molar-refractivity contribution in [2.45, 2.75) is 38.5 Å². The highest BCUT2D eigenvalue weighted by molar-refractivity contribution is 6.12. The summed E-state index contributed by atoms with van der Waals surface area (Å²) in [5.74, 6) is 0. The van der Waals surface area contributed by atoms with Crippen LogP contribution in [-0.4, -0.2) is 0 Å². The topological polar surface area (TPSA) is 3.24 Å². The number of fused-ring (bicyclic) bond motifs is 9. The van der Waals surface area contributed by atoms with Crippen molar-refractivity contribution in [2.75, 3.05) is 4.90 Å². The zero-order chi connectivity index (χ0) is 30.5. The van der Waals surface area contributed by atoms with Gasteiger partial charge in [0, 0.05) is 27.3 Å². The molecule has 0 saturated carbocycles. The molecule has 0 spiro atoms. The molecule has 0 fully saturated rings. The smallest absolute Gasteiger partial charge is 0.0543 e.